The molecule has 162 valence electrons. The van der Waals surface area contributed by atoms with E-state index in [4.69, 9.17) is 10.00 Å². The molecule has 4 rings (SSSR count). The summed E-state index contributed by atoms with van der Waals surface area (Å²) in [6, 6.07) is 10.9. The van der Waals surface area contributed by atoms with Gasteiger partial charge >= 0.3 is 5.97 Å². The van der Waals surface area contributed by atoms with Crippen LogP contribution in [0.2, 0.25) is 0 Å². The topological polar surface area (TPSA) is 120 Å². The first-order valence-electron chi connectivity index (χ1n) is 10.0. The Morgan fingerprint density at radius 1 is 1.29 bits per heavy atom. The highest BCUT2D eigenvalue weighted by Crippen LogP contribution is 2.30. The number of esters is 1. The van der Waals surface area contributed by atoms with Crippen LogP contribution < -0.4 is 4.72 Å². The molecule has 0 saturated carbocycles. The summed E-state index contributed by atoms with van der Waals surface area (Å²) in [7, 11) is -3.69. The van der Waals surface area contributed by atoms with E-state index in [0.717, 1.165) is 16.7 Å². The molecule has 2 atom stereocenters. The second-order valence-corrected chi connectivity index (χ2v) is 9.61. The van der Waals surface area contributed by atoms with Gasteiger partial charge in [0.2, 0.25) is 10.0 Å². The number of nitrogens with zero attached hydrogens (tertiary/aromatic N) is 2. The van der Waals surface area contributed by atoms with Gasteiger partial charge in [0, 0.05) is 24.7 Å². The molecule has 31 heavy (non-hydrogen) atoms. The van der Waals surface area contributed by atoms with Crippen molar-refractivity contribution >= 4 is 16.0 Å². The minimum atomic E-state index is -3.69. The number of carbonyl (C=O) groups is 1. The average molecular weight is 442 g/mol. The number of fused-ring (bicyclic) bond motifs is 1. The van der Waals surface area contributed by atoms with Gasteiger partial charge < -0.3 is 9.84 Å². The van der Waals surface area contributed by atoms with Gasteiger partial charge in [-0.25, -0.2) is 17.9 Å². The van der Waals surface area contributed by atoms with E-state index in [1.165, 1.54) is 24.3 Å². The molecule has 0 spiro atoms. The molecule has 2 aromatic rings. The molecule has 2 aliphatic rings. The van der Waals surface area contributed by atoms with Gasteiger partial charge in [-0.05, 0) is 61.3 Å². The van der Waals surface area contributed by atoms with Gasteiger partial charge in [0.05, 0.1) is 28.2 Å². The Kier molecular flexibility index (Phi) is 5.81. The lowest BCUT2D eigenvalue weighted by atomic mass is 9.95. The fourth-order valence-corrected chi connectivity index (χ4v) is 5.42. The summed E-state index contributed by atoms with van der Waals surface area (Å²) in [6.45, 7) is 3.60. The van der Waals surface area contributed by atoms with Crippen LogP contribution in [0.5, 0.6) is 0 Å². The molecule has 2 N–H and O–H groups in total. The fraction of sp³-hybridized carbons (Fsp3) is 0.364. The Balaban J connectivity index is 1.38. The third-order valence-electron chi connectivity index (χ3n) is 5.89. The maximum atomic E-state index is 12.6. The molecule has 2 aromatic carbocycles. The number of benzene rings is 2. The fourth-order valence-electron chi connectivity index (χ4n) is 4.16. The van der Waals surface area contributed by atoms with Crippen molar-refractivity contribution in [2.24, 2.45) is 0 Å². The van der Waals surface area contributed by atoms with Crippen LogP contribution in [0.25, 0.3) is 0 Å². The number of aliphatic hydroxyl groups is 1. The molecule has 0 unspecified atom stereocenters. The monoisotopic (exact) mass is 441 g/mol. The molecular weight excluding hydrogens is 418 g/mol. The van der Waals surface area contributed by atoms with Crippen molar-refractivity contribution < 1.29 is 23.1 Å². The van der Waals surface area contributed by atoms with Crippen molar-refractivity contribution in [3.8, 4) is 6.07 Å². The number of nitrogens with one attached hydrogen (secondary N) is 1. The molecule has 0 aromatic heterocycles. The van der Waals surface area contributed by atoms with Crippen LogP contribution in [0.1, 0.15) is 45.1 Å². The molecule has 0 amide bonds. The zero-order valence-electron chi connectivity index (χ0n) is 17.0. The number of hydrogen-bond acceptors (Lipinski definition) is 7. The van der Waals surface area contributed by atoms with E-state index in [-0.39, 0.29) is 23.5 Å². The number of hydrogen-bond donors (Lipinski definition) is 2. The van der Waals surface area contributed by atoms with Crippen LogP contribution in [0.4, 0.5) is 0 Å². The molecule has 0 bridgehead atoms. The summed E-state index contributed by atoms with van der Waals surface area (Å²) >= 11 is 0. The lowest BCUT2D eigenvalue weighted by Crippen LogP contribution is -2.37. The molecule has 1 fully saturated rings. The Labute approximate surface area is 181 Å². The zero-order valence-corrected chi connectivity index (χ0v) is 17.9. The number of ether oxygens (including phenoxy) is 1. The summed E-state index contributed by atoms with van der Waals surface area (Å²) in [5.74, 6) is -0.337. The first kappa shape index (κ1) is 21.5. The van der Waals surface area contributed by atoms with Crippen LogP contribution in [0.3, 0.4) is 0 Å². The average Bonchev–Trinajstić information content (AvgIpc) is 3.34. The highest BCUT2D eigenvalue weighted by Gasteiger charge is 2.30. The number of likely N-dealkylation sites (tertiary alicyclic amines) is 1. The lowest BCUT2D eigenvalue weighted by molar-refractivity contribution is 0.0535. The van der Waals surface area contributed by atoms with Gasteiger partial charge in [-0.3, -0.25) is 4.90 Å². The second-order valence-electron chi connectivity index (χ2n) is 7.90. The van der Waals surface area contributed by atoms with E-state index < -0.39 is 16.1 Å². The highest BCUT2D eigenvalue weighted by molar-refractivity contribution is 7.89. The molecule has 0 radical (unpaired) electrons. The van der Waals surface area contributed by atoms with Crippen molar-refractivity contribution in [3.05, 3.63) is 64.2 Å². The first-order chi connectivity index (χ1) is 14.8. The number of rotatable bonds is 6. The van der Waals surface area contributed by atoms with Crippen LogP contribution in [-0.2, 0) is 21.4 Å². The van der Waals surface area contributed by atoms with Crippen molar-refractivity contribution in [2.75, 3.05) is 19.6 Å². The maximum Gasteiger partial charge on any atom is 0.338 e. The van der Waals surface area contributed by atoms with Crippen molar-refractivity contribution in [3.63, 3.8) is 0 Å². The first-order valence-corrected chi connectivity index (χ1v) is 11.5. The van der Waals surface area contributed by atoms with E-state index in [9.17, 15) is 18.3 Å². The SMILES string of the molecule is Cc1c([C@H](O)CN2CC[C@@H](NS(=O)(=O)c3ccc(C#N)cc3)C2)ccc2c1COC2=O. The summed E-state index contributed by atoms with van der Waals surface area (Å²) in [4.78, 5) is 13.8. The second kappa shape index (κ2) is 8.40. The normalized spacial score (nSPS) is 19.6. The minimum absolute atomic E-state index is 0.121. The predicted octanol–water partition coefficient (Wildman–Crippen LogP) is 1.62. The van der Waals surface area contributed by atoms with Crippen LogP contribution in [-0.4, -0.2) is 50.1 Å². The Morgan fingerprint density at radius 3 is 2.74 bits per heavy atom. The number of nitriles is 1. The zero-order chi connectivity index (χ0) is 22.2. The largest absolute Gasteiger partial charge is 0.457 e. The third-order valence-corrected chi connectivity index (χ3v) is 7.42. The van der Waals surface area contributed by atoms with Crippen LogP contribution >= 0.6 is 0 Å². The molecule has 1 saturated heterocycles. The van der Waals surface area contributed by atoms with E-state index >= 15 is 0 Å². The molecular formula is C22H23N3O5S. The van der Waals surface area contributed by atoms with Crippen LogP contribution in [0, 0.1) is 18.3 Å². The van der Waals surface area contributed by atoms with E-state index in [0.29, 0.717) is 37.2 Å². The van der Waals surface area contributed by atoms with Gasteiger partial charge in [0.15, 0.2) is 0 Å². The summed E-state index contributed by atoms with van der Waals surface area (Å²) in [6.07, 6.45) is -0.122. The number of β-amino-alcohol motifs (C(OH)–C–C–N with tert-alkyl or cyclic N) is 1. The lowest BCUT2D eigenvalue weighted by Gasteiger charge is -2.22. The van der Waals surface area contributed by atoms with Gasteiger partial charge in [-0.15, -0.1) is 0 Å². The predicted molar refractivity (Wildman–Crippen MR) is 112 cm³/mol. The van der Waals surface area contributed by atoms with Gasteiger partial charge in [0.25, 0.3) is 0 Å². The van der Waals surface area contributed by atoms with Gasteiger partial charge in [-0.1, -0.05) is 6.07 Å². The third kappa shape index (κ3) is 4.34. The number of cyclic esters (lactones) is 1. The number of carbonyl (C=O) groups excluding carboxylic acids is 1. The smallest absolute Gasteiger partial charge is 0.338 e. The van der Waals surface area contributed by atoms with E-state index in [1.54, 1.807) is 12.1 Å². The summed E-state index contributed by atoms with van der Waals surface area (Å²) < 4.78 is 33.0. The Bertz CT molecular complexity index is 1150. The molecule has 2 heterocycles. The number of sulfonamides is 1. The summed E-state index contributed by atoms with van der Waals surface area (Å²) in [5.41, 5.74) is 3.37. The van der Waals surface area contributed by atoms with Crippen molar-refractivity contribution in [1.29, 1.82) is 5.26 Å². The quantitative estimate of drug-likeness (QED) is 0.654. The Morgan fingerprint density at radius 2 is 2.03 bits per heavy atom. The summed E-state index contributed by atoms with van der Waals surface area (Å²) in [5, 5.41) is 19.6. The van der Waals surface area contributed by atoms with Crippen molar-refractivity contribution in [2.45, 2.75) is 37.0 Å². The van der Waals surface area contributed by atoms with Crippen LogP contribution in [0.15, 0.2) is 41.3 Å². The minimum Gasteiger partial charge on any atom is -0.457 e. The molecule has 9 heteroatoms. The van der Waals surface area contributed by atoms with Crippen molar-refractivity contribution in [1.82, 2.24) is 9.62 Å². The van der Waals surface area contributed by atoms with Gasteiger partial charge in [-0.2, -0.15) is 5.26 Å². The molecule has 0 aliphatic carbocycles. The number of aliphatic hydroxyl groups excluding tert-OH is 1. The van der Waals surface area contributed by atoms with Gasteiger partial charge in [0.1, 0.15) is 6.61 Å². The maximum absolute atomic E-state index is 12.6. The highest BCUT2D eigenvalue weighted by atomic mass is 32.2. The van der Waals surface area contributed by atoms with E-state index in [1.807, 2.05) is 17.9 Å². The Hall–Kier alpha value is -2.77. The molecule has 8 nitrogen and oxygen atoms in total. The standard InChI is InChI=1S/C22H23N3O5S/c1-14-18(6-7-19-20(14)13-30-22(19)27)21(26)12-25-9-8-16(11-25)24-31(28,29)17-4-2-15(10-23)3-5-17/h2-7,16,21,24,26H,8-9,11-13H2,1H3/t16-,21-/m1/s1. The van der Waals surface area contributed by atoms with E-state index in [2.05, 4.69) is 4.72 Å². The molecule has 2 aliphatic heterocycles.